The van der Waals surface area contributed by atoms with Crippen molar-refractivity contribution in [2.45, 2.75) is 52.1 Å². The van der Waals surface area contributed by atoms with E-state index in [1.165, 1.54) is 12.8 Å². The summed E-state index contributed by atoms with van der Waals surface area (Å²) in [6.45, 7) is 7.07. The van der Waals surface area contributed by atoms with Gasteiger partial charge in [-0.1, -0.05) is 26.8 Å². The number of rotatable bonds is 1. The first-order chi connectivity index (χ1) is 8.90. The summed E-state index contributed by atoms with van der Waals surface area (Å²) in [5.41, 5.74) is 0.547. The minimum Gasteiger partial charge on any atom is -0.384 e. The summed E-state index contributed by atoms with van der Waals surface area (Å²) in [6, 6.07) is 5.89. The third kappa shape index (κ3) is 2.20. The van der Waals surface area contributed by atoms with Gasteiger partial charge < -0.3 is 5.11 Å². The van der Waals surface area contributed by atoms with Crippen molar-refractivity contribution >= 4 is 0 Å². The van der Waals surface area contributed by atoms with E-state index in [0.29, 0.717) is 17.3 Å². The summed E-state index contributed by atoms with van der Waals surface area (Å²) < 4.78 is 0. The summed E-state index contributed by atoms with van der Waals surface area (Å²) >= 11 is 0. The fourth-order valence-electron chi connectivity index (χ4n) is 4.84. The highest BCUT2D eigenvalue weighted by Crippen LogP contribution is 2.58. The van der Waals surface area contributed by atoms with Crippen LogP contribution in [0.15, 0.2) is 24.4 Å². The second kappa shape index (κ2) is 4.31. The number of hydrogen-bond donors (Lipinski definition) is 1. The highest BCUT2D eigenvalue weighted by atomic mass is 16.3. The maximum Gasteiger partial charge on any atom is 0.107 e. The summed E-state index contributed by atoms with van der Waals surface area (Å²) in [5.74, 6) is 2.08. The van der Waals surface area contributed by atoms with Crippen LogP contribution >= 0.6 is 0 Å². The predicted octanol–water partition coefficient (Wildman–Crippen LogP) is 3.75. The molecule has 1 aromatic heterocycles. The highest BCUT2D eigenvalue weighted by molar-refractivity contribution is 5.17. The molecular formula is C17H25NO. The number of hydrogen-bond acceptors (Lipinski definition) is 2. The predicted molar refractivity (Wildman–Crippen MR) is 76.5 cm³/mol. The summed E-state index contributed by atoms with van der Waals surface area (Å²) in [6.07, 6.45) is 6.14. The van der Waals surface area contributed by atoms with Gasteiger partial charge in [0.05, 0.1) is 5.69 Å². The van der Waals surface area contributed by atoms with Crippen molar-refractivity contribution < 1.29 is 5.11 Å². The van der Waals surface area contributed by atoms with Gasteiger partial charge in [-0.15, -0.1) is 0 Å². The van der Waals surface area contributed by atoms with Crippen molar-refractivity contribution in [1.29, 1.82) is 0 Å². The molecule has 0 amide bonds. The number of fused-ring (bicyclic) bond motifs is 2. The molecular weight excluding hydrogens is 234 g/mol. The van der Waals surface area contributed by atoms with Gasteiger partial charge in [-0.3, -0.25) is 4.98 Å². The molecule has 3 rings (SSSR count). The van der Waals surface area contributed by atoms with Crippen molar-refractivity contribution in [3.8, 4) is 0 Å². The molecule has 0 radical (unpaired) electrons. The summed E-state index contributed by atoms with van der Waals surface area (Å²) in [7, 11) is 0. The Kier molecular flexibility index (Phi) is 2.97. The molecule has 104 valence electrons. The quantitative estimate of drug-likeness (QED) is 0.833. The maximum absolute atomic E-state index is 11.0. The molecule has 2 aliphatic rings. The molecule has 19 heavy (non-hydrogen) atoms. The first-order valence-electron chi connectivity index (χ1n) is 7.54. The zero-order valence-corrected chi connectivity index (χ0v) is 12.3. The van der Waals surface area contributed by atoms with E-state index < -0.39 is 5.60 Å². The van der Waals surface area contributed by atoms with E-state index >= 15 is 0 Å². The van der Waals surface area contributed by atoms with Crippen LogP contribution in [0, 0.1) is 23.2 Å². The first-order valence-corrected chi connectivity index (χ1v) is 7.54. The molecule has 2 heteroatoms. The van der Waals surface area contributed by atoms with Crippen LogP contribution in [0.1, 0.15) is 52.1 Å². The van der Waals surface area contributed by atoms with Crippen molar-refractivity contribution in [2.24, 2.45) is 23.2 Å². The third-order valence-electron chi connectivity index (χ3n) is 5.27. The average Bonchev–Trinajstić information content (AvgIpc) is 2.64. The van der Waals surface area contributed by atoms with E-state index in [2.05, 4.69) is 25.8 Å². The van der Waals surface area contributed by atoms with E-state index in [9.17, 15) is 5.11 Å². The van der Waals surface area contributed by atoms with Crippen LogP contribution in [-0.2, 0) is 5.60 Å². The molecule has 2 fully saturated rings. The smallest absolute Gasteiger partial charge is 0.107 e. The Morgan fingerprint density at radius 2 is 1.79 bits per heavy atom. The second-order valence-electron chi connectivity index (χ2n) is 7.64. The van der Waals surface area contributed by atoms with Gasteiger partial charge in [0.1, 0.15) is 5.60 Å². The lowest BCUT2D eigenvalue weighted by molar-refractivity contribution is -0.0714. The Bertz CT molecular complexity index is 434. The second-order valence-corrected chi connectivity index (χ2v) is 7.64. The van der Waals surface area contributed by atoms with Crippen LogP contribution in [-0.4, -0.2) is 10.1 Å². The van der Waals surface area contributed by atoms with Gasteiger partial charge in [0.25, 0.3) is 0 Å². The molecule has 1 aromatic rings. The number of aromatic nitrogens is 1. The fraction of sp³-hybridized carbons (Fsp3) is 0.706. The molecule has 1 heterocycles. The van der Waals surface area contributed by atoms with E-state index in [4.69, 9.17) is 0 Å². The first kappa shape index (κ1) is 13.1. The molecule has 0 saturated heterocycles. The lowest BCUT2D eigenvalue weighted by Gasteiger charge is -2.46. The SMILES string of the molecule is CC(C)(C)C1C2CC[C@@H]1CC(O)(c1ccccn1)C2. The van der Waals surface area contributed by atoms with Gasteiger partial charge in [0.2, 0.25) is 0 Å². The average molecular weight is 259 g/mol. The van der Waals surface area contributed by atoms with Gasteiger partial charge in [0.15, 0.2) is 0 Å². The zero-order chi connectivity index (χ0) is 13.7. The fourth-order valence-corrected chi connectivity index (χ4v) is 4.84. The molecule has 2 aliphatic carbocycles. The van der Waals surface area contributed by atoms with Crippen LogP contribution in [0.5, 0.6) is 0 Å². The topological polar surface area (TPSA) is 33.1 Å². The molecule has 2 nitrogen and oxygen atoms in total. The van der Waals surface area contributed by atoms with Crippen molar-refractivity contribution in [2.75, 3.05) is 0 Å². The molecule has 4 atom stereocenters. The number of aliphatic hydroxyl groups is 1. The number of pyridine rings is 1. The third-order valence-corrected chi connectivity index (χ3v) is 5.27. The largest absolute Gasteiger partial charge is 0.384 e. The lowest BCUT2D eigenvalue weighted by atomic mass is 9.61. The standard InChI is InChI=1S/C17H25NO/c1-16(2,3)15-12-7-8-13(15)11-17(19,10-12)14-6-4-5-9-18-14/h4-6,9,12-13,15,19H,7-8,10-11H2,1-3H3/t12-,13?,15?,17?/m1/s1. The molecule has 0 spiro atoms. The van der Waals surface area contributed by atoms with Crippen LogP contribution in [0.4, 0.5) is 0 Å². The minimum absolute atomic E-state index is 0.358. The molecule has 3 unspecified atom stereocenters. The van der Waals surface area contributed by atoms with E-state index in [1.807, 2.05) is 18.2 Å². The Morgan fingerprint density at radius 1 is 1.16 bits per heavy atom. The van der Waals surface area contributed by atoms with E-state index in [-0.39, 0.29) is 0 Å². The van der Waals surface area contributed by atoms with E-state index in [1.54, 1.807) is 6.20 Å². The van der Waals surface area contributed by atoms with Crippen molar-refractivity contribution in [3.05, 3.63) is 30.1 Å². The summed E-state index contributed by atoms with van der Waals surface area (Å²) in [5, 5.41) is 11.0. The van der Waals surface area contributed by atoms with Crippen LogP contribution in [0.25, 0.3) is 0 Å². The van der Waals surface area contributed by atoms with Gasteiger partial charge in [-0.2, -0.15) is 0 Å². The van der Waals surface area contributed by atoms with Gasteiger partial charge >= 0.3 is 0 Å². The van der Waals surface area contributed by atoms with E-state index in [0.717, 1.165) is 24.5 Å². The molecule has 2 bridgehead atoms. The van der Waals surface area contributed by atoms with Crippen molar-refractivity contribution in [1.82, 2.24) is 4.98 Å². The summed E-state index contributed by atoms with van der Waals surface area (Å²) in [4.78, 5) is 4.41. The highest BCUT2D eigenvalue weighted by Gasteiger charge is 2.53. The zero-order valence-electron chi connectivity index (χ0n) is 12.3. The number of nitrogens with zero attached hydrogens (tertiary/aromatic N) is 1. The Labute approximate surface area is 116 Å². The normalized spacial score (nSPS) is 38.4. The maximum atomic E-state index is 11.0. The van der Waals surface area contributed by atoms with Crippen LogP contribution in [0.2, 0.25) is 0 Å². The lowest BCUT2D eigenvalue weighted by Crippen LogP contribution is -2.43. The van der Waals surface area contributed by atoms with Crippen LogP contribution in [0.3, 0.4) is 0 Å². The molecule has 2 saturated carbocycles. The monoisotopic (exact) mass is 259 g/mol. The van der Waals surface area contributed by atoms with Crippen LogP contribution < -0.4 is 0 Å². The van der Waals surface area contributed by atoms with Gasteiger partial charge in [0, 0.05) is 6.20 Å². The molecule has 0 aromatic carbocycles. The van der Waals surface area contributed by atoms with Crippen molar-refractivity contribution in [3.63, 3.8) is 0 Å². The van der Waals surface area contributed by atoms with Gasteiger partial charge in [-0.05, 0) is 61.0 Å². The Balaban J connectivity index is 1.88. The van der Waals surface area contributed by atoms with Gasteiger partial charge in [-0.25, -0.2) is 0 Å². The Hall–Kier alpha value is -0.890. The molecule has 1 N–H and O–H groups in total. The minimum atomic E-state index is -0.686. The molecule has 0 aliphatic heterocycles. The Morgan fingerprint density at radius 3 is 2.26 bits per heavy atom.